The highest BCUT2D eigenvalue weighted by Gasteiger charge is 2.33. The minimum atomic E-state index is 0.0696. The highest BCUT2D eigenvalue weighted by molar-refractivity contribution is 5.33. The monoisotopic (exact) mass is 241 g/mol. The Labute approximate surface area is 108 Å². The highest BCUT2D eigenvalue weighted by atomic mass is 15.3. The van der Waals surface area contributed by atoms with E-state index in [4.69, 9.17) is 5.73 Å². The van der Waals surface area contributed by atoms with Crippen LogP contribution in [0.1, 0.15) is 31.5 Å². The molecule has 2 unspecified atom stereocenters. The van der Waals surface area contributed by atoms with Gasteiger partial charge in [0.25, 0.3) is 0 Å². The van der Waals surface area contributed by atoms with Crippen LogP contribution in [0.4, 0.5) is 0 Å². The lowest BCUT2D eigenvalue weighted by atomic mass is 9.95. The third-order valence-corrected chi connectivity index (χ3v) is 3.95. The van der Waals surface area contributed by atoms with E-state index in [1.54, 1.807) is 0 Å². The van der Waals surface area contributed by atoms with Gasteiger partial charge in [0.15, 0.2) is 0 Å². The van der Waals surface area contributed by atoms with Gasteiger partial charge in [-0.3, -0.25) is 0 Å². The molecule has 1 fully saturated rings. The van der Waals surface area contributed by atoms with Crippen molar-refractivity contribution in [3.05, 3.63) is 48.3 Å². The number of para-hydroxylation sites is 1. The van der Waals surface area contributed by atoms with Gasteiger partial charge in [0.2, 0.25) is 0 Å². The summed E-state index contributed by atoms with van der Waals surface area (Å²) in [6, 6.07) is 12.3. The number of nitrogens with two attached hydrogens (primary N) is 1. The topological polar surface area (TPSA) is 43.8 Å². The average molecular weight is 241 g/mol. The van der Waals surface area contributed by atoms with E-state index in [1.165, 1.54) is 12.8 Å². The molecular formula is C15H19N3. The molecule has 3 rings (SSSR count). The van der Waals surface area contributed by atoms with Crippen molar-refractivity contribution in [1.82, 2.24) is 9.78 Å². The van der Waals surface area contributed by atoms with Crippen molar-refractivity contribution in [3.8, 4) is 5.69 Å². The zero-order valence-corrected chi connectivity index (χ0v) is 10.7. The molecule has 0 saturated heterocycles. The number of benzene rings is 1. The fourth-order valence-corrected chi connectivity index (χ4v) is 2.54. The fraction of sp³-hybridized carbons (Fsp3) is 0.400. The van der Waals surface area contributed by atoms with Crippen LogP contribution in [0.5, 0.6) is 0 Å². The largest absolute Gasteiger partial charge is 0.322 e. The van der Waals surface area contributed by atoms with Crippen LogP contribution in [0.25, 0.3) is 5.69 Å². The summed E-state index contributed by atoms with van der Waals surface area (Å²) in [6.07, 6.45) is 4.49. The zero-order chi connectivity index (χ0) is 12.5. The molecule has 0 aliphatic heterocycles. The molecule has 0 radical (unpaired) electrons. The summed E-state index contributed by atoms with van der Waals surface area (Å²) in [7, 11) is 0. The maximum Gasteiger partial charge on any atom is 0.0649 e. The van der Waals surface area contributed by atoms with Crippen molar-refractivity contribution in [3.63, 3.8) is 0 Å². The van der Waals surface area contributed by atoms with Crippen LogP contribution in [0, 0.1) is 11.8 Å². The molecule has 2 atom stereocenters. The second kappa shape index (κ2) is 4.58. The van der Waals surface area contributed by atoms with Gasteiger partial charge >= 0.3 is 0 Å². The average Bonchev–Trinajstić information content (AvgIpc) is 3.15. The van der Waals surface area contributed by atoms with Gasteiger partial charge in [-0.05, 0) is 42.9 Å². The molecule has 0 bridgehead atoms. The Balaban J connectivity index is 1.91. The van der Waals surface area contributed by atoms with Crippen molar-refractivity contribution in [1.29, 1.82) is 0 Å². The second-order valence-electron chi connectivity index (χ2n) is 5.23. The zero-order valence-electron chi connectivity index (χ0n) is 10.7. The van der Waals surface area contributed by atoms with E-state index in [9.17, 15) is 0 Å². The molecule has 1 heterocycles. The van der Waals surface area contributed by atoms with E-state index in [1.807, 2.05) is 35.1 Å². The molecule has 0 amide bonds. The molecule has 1 aliphatic rings. The van der Waals surface area contributed by atoms with Gasteiger partial charge in [0.05, 0.1) is 11.4 Å². The van der Waals surface area contributed by atoms with Crippen LogP contribution in [-0.2, 0) is 0 Å². The van der Waals surface area contributed by atoms with E-state index in [0.29, 0.717) is 5.92 Å². The lowest BCUT2D eigenvalue weighted by Crippen LogP contribution is -2.23. The first-order valence-electron chi connectivity index (χ1n) is 6.62. The van der Waals surface area contributed by atoms with E-state index in [2.05, 4.69) is 24.2 Å². The third-order valence-electron chi connectivity index (χ3n) is 3.95. The summed E-state index contributed by atoms with van der Waals surface area (Å²) in [5, 5.41) is 4.41. The van der Waals surface area contributed by atoms with Crippen molar-refractivity contribution in [2.75, 3.05) is 0 Å². The Hall–Kier alpha value is -1.61. The van der Waals surface area contributed by atoms with Gasteiger partial charge in [0, 0.05) is 12.2 Å². The van der Waals surface area contributed by atoms with Gasteiger partial charge in [-0.1, -0.05) is 25.1 Å². The van der Waals surface area contributed by atoms with E-state index < -0.39 is 0 Å². The highest BCUT2D eigenvalue weighted by Crippen LogP contribution is 2.41. The number of hydrogen-bond donors (Lipinski definition) is 1. The first-order chi connectivity index (χ1) is 8.77. The Kier molecular flexibility index (Phi) is 2.92. The SMILES string of the molecule is CC(C1CC1)C(N)c1ccnn1-c1ccccc1. The molecule has 1 aromatic carbocycles. The molecular weight excluding hydrogens is 222 g/mol. The van der Waals surface area contributed by atoms with Crippen molar-refractivity contribution >= 4 is 0 Å². The number of nitrogens with zero attached hydrogens (tertiary/aromatic N) is 2. The normalized spacial score (nSPS) is 18.6. The summed E-state index contributed by atoms with van der Waals surface area (Å²) in [5.41, 5.74) is 8.59. The molecule has 1 saturated carbocycles. The molecule has 1 aromatic heterocycles. The van der Waals surface area contributed by atoms with Crippen molar-refractivity contribution in [2.24, 2.45) is 17.6 Å². The van der Waals surface area contributed by atoms with Crippen LogP contribution < -0.4 is 5.73 Å². The maximum absolute atomic E-state index is 6.40. The molecule has 2 aromatic rings. The summed E-state index contributed by atoms with van der Waals surface area (Å²) >= 11 is 0. The molecule has 2 N–H and O–H groups in total. The van der Waals surface area contributed by atoms with Crippen LogP contribution in [0.3, 0.4) is 0 Å². The van der Waals surface area contributed by atoms with Gasteiger partial charge in [-0.2, -0.15) is 5.10 Å². The summed E-state index contributed by atoms with van der Waals surface area (Å²) in [5.74, 6) is 1.34. The third kappa shape index (κ3) is 2.06. The first kappa shape index (κ1) is 11.5. The Morgan fingerprint density at radius 2 is 1.94 bits per heavy atom. The standard InChI is InChI=1S/C15H19N3/c1-11(12-7-8-12)15(16)14-9-10-17-18(14)13-5-3-2-4-6-13/h2-6,9-12,15H,7-8,16H2,1H3. The molecule has 0 spiro atoms. The predicted molar refractivity (Wildman–Crippen MR) is 72.4 cm³/mol. The number of aromatic nitrogens is 2. The lowest BCUT2D eigenvalue weighted by molar-refractivity contribution is 0.404. The molecule has 3 nitrogen and oxygen atoms in total. The van der Waals surface area contributed by atoms with Crippen LogP contribution in [0.15, 0.2) is 42.6 Å². The predicted octanol–water partition coefficient (Wildman–Crippen LogP) is 2.92. The first-order valence-corrected chi connectivity index (χ1v) is 6.62. The fourth-order valence-electron chi connectivity index (χ4n) is 2.54. The molecule has 94 valence electrons. The Morgan fingerprint density at radius 3 is 2.61 bits per heavy atom. The lowest BCUT2D eigenvalue weighted by Gasteiger charge is -2.20. The maximum atomic E-state index is 6.40. The molecule has 3 heteroatoms. The smallest absolute Gasteiger partial charge is 0.0649 e. The van der Waals surface area contributed by atoms with Gasteiger partial charge in [0.1, 0.15) is 0 Å². The summed E-state index contributed by atoms with van der Waals surface area (Å²) in [4.78, 5) is 0. The summed E-state index contributed by atoms with van der Waals surface area (Å²) in [6.45, 7) is 2.25. The van der Waals surface area contributed by atoms with Gasteiger partial charge in [-0.15, -0.1) is 0 Å². The number of hydrogen-bond acceptors (Lipinski definition) is 2. The Bertz CT molecular complexity index is 514. The van der Waals surface area contributed by atoms with Crippen LogP contribution >= 0.6 is 0 Å². The number of rotatable bonds is 4. The van der Waals surface area contributed by atoms with Gasteiger partial charge in [-0.25, -0.2) is 4.68 Å². The second-order valence-corrected chi connectivity index (χ2v) is 5.23. The van der Waals surface area contributed by atoms with E-state index in [0.717, 1.165) is 17.3 Å². The molecule has 1 aliphatic carbocycles. The van der Waals surface area contributed by atoms with Crippen LogP contribution in [0.2, 0.25) is 0 Å². The molecule has 18 heavy (non-hydrogen) atoms. The van der Waals surface area contributed by atoms with E-state index in [-0.39, 0.29) is 6.04 Å². The Morgan fingerprint density at radius 1 is 1.22 bits per heavy atom. The van der Waals surface area contributed by atoms with Gasteiger partial charge < -0.3 is 5.73 Å². The minimum Gasteiger partial charge on any atom is -0.322 e. The quantitative estimate of drug-likeness (QED) is 0.894. The van der Waals surface area contributed by atoms with E-state index >= 15 is 0 Å². The van der Waals surface area contributed by atoms with Crippen LogP contribution in [-0.4, -0.2) is 9.78 Å². The summed E-state index contributed by atoms with van der Waals surface area (Å²) < 4.78 is 1.96. The van der Waals surface area contributed by atoms with Crippen molar-refractivity contribution in [2.45, 2.75) is 25.8 Å². The minimum absolute atomic E-state index is 0.0696. The van der Waals surface area contributed by atoms with Crippen molar-refractivity contribution < 1.29 is 0 Å².